The number of nitrogens with zero attached hydrogens (tertiary/aromatic N) is 3. The molecule has 1 aromatic carbocycles. The van der Waals surface area contributed by atoms with Gasteiger partial charge in [0, 0.05) is 47.3 Å². The number of aliphatic imine (C=N–C) groups is 1. The molecule has 0 fully saturated rings. The van der Waals surface area contributed by atoms with E-state index in [4.69, 9.17) is 0 Å². The second kappa shape index (κ2) is 12.6. The lowest BCUT2D eigenvalue weighted by Crippen LogP contribution is -2.20. The first-order valence-electron chi connectivity index (χ1n) is 10.9. The number of nitrogens with one attached hydrogen (secondary N) is 3. The summed E-state index contributed by atoms with van der Waals surface area (Å²) in [4.78, 5) is 35.2. The minimum Gasteiger partial charge on any atom is -0.359 e. The molecule has 0 saturated carbocycles. The Morgan fingerprint density at radius 2 is 2.06 bits per heavy atom. The standard InChI is InChI=1S/C22H21N5OS.C3H7NO/c1-23-13-29-21-17(18-5-3-4-8-25-18)10-15(11-19(21)24-2)16-9-14-6-7-20(28)27-22(14)26-12-16;1-2-4-3-5/h3-5,8-12,23H,2,6-7,13H2,1H3,(H,26,27,28);3H,2H2,1H3,(H,4,5). The molecule has 1 aliphatic rings. The van der Waals surface area contributed by atoms with Crippen LogP contribution in [0.5, 0.6) is 0 Å². The molecule has 3 N–H and O–H groups in total. The number of carbonyl (C=O) groups is 2. The first-order chi connectivity index (χ1) is 16.6. The highest BCUT2D eigenvalue weighted by Gasteiger charge is 2.18. The molecule has 3 heterocycles. The highest BCUT2D eigenvalue weighted by atomic mass is 32.2. The monoisotopic (exact) mass is 476 g/mol. The number of hydrogen-bond acceptors (Lipinski definition) is 7. The number of thioether (sulfide) groups is 1. The number of rotatable bonds is 8. The smallest absolute Gasteiger partial charge is 0.225 e. The minimum atomic E-state index is 0.0132. The molecule has 0 radical (unpaired) electrons. The van der Waals surface area contributed by atoms with E-state index in [1.54, 1.807) is 24.2 Å². The summed E-state index contributed by atoms with van der Waals surface area (Å²) < 4.78 is 0. The molecule has 9 heteroatoms. The third-order valence-corrected chi connectivity index (χ3v) is 6.16. The summed E-state index contributed by atoms with van der Waals surface area (Å²) in [6.07, 6.45) is 5.43. The van der Waals surface area contributed by atoms with Crippen LogP contribution < -0.4 is 16.0 Å². The van der Waals surface area contributed by atoms with Crippen LogP contribution in [-0.2, 0) is 16.0 Å². The Balaban J connectivity index is 0.000000588. The van der Waals surface area contributed by atoms with Gasteiger partial charge in [0.05, 0.1) is 11.4 Å². The lowest BCUT2D eigenvalue weighted by Gasteiger charge is -2.18. The molecule has 0 atom stereocenters. The molecule has 3 aromatic rings. The van der Waals surface area contributed by atoms with Crippen LogP contribution in [-0.4, -0.2) is 48.5 Å². The van der Waals surface area contributed by atoms with Crippen LogP contribution in [0.2, 0.25) is 0 Å². The van der Waals surface area contributed by atoms with E-state index in [9.17, 15) is 9.59 Å². The molecule has 34 heavy (non-hydrogen) atoms. The van der Waals surface area contributed by atoms with E-state index in [-0.39, 0.29) is 5.91 Å². The Morgan fingerprint density at radius 3 is 2.71 bits per heavy atom. The number of fused-ring (bicyclic) bond motifs is 1. The van der Waals surface area contributed by atoms with Crippen molar-refractivity contribution in [1.29, 1.82) is 0 Å². The molecule has 2 amide bonds. The van der Waals surface area contributed by atoms with Crippen LogP contribution in [0, 0.1) is 0 Å². The predicted molar refractivity (Wildman–Crippen MR) is 139 cm³/mol. The average molecular weight is 477 g/mol. The fourth-order valence-corrected chi connectivity index (χ4v) is 4.28. The van der Waals surface area contributed by atoms with E-state index in [1.807, 2.05) is 38.2 Å². The number of hydrogen-bond donors (Lipinski definition) is 3. The SMILES string of the molecule is C=Nc1cc(-c2cnc3c(c2)CCC(=O)N3)cc(-c2ccccn2)c1SCNC.CCNC=O. The van der Waals surface area contributed by atoms with Gasteiger partial charge in [0.25, 0.3) is 0 Å². The molecule has 0 saturated heterocycles. The van der Waals surface area contributed by atoms with Gasteiger partial charge < -0.3 is 16.0 Å². The summed E-state index contributed by atoms with van der Waals surface area (Å²) in [5.41, 5.74) is 5.73. The van der Waals surface area contributed by atoms with Crippen LogP contribution in [0.1, 0.15) is 18.9 Å². The van der Waals surface area contributed by atoms with Gasteiger partial charge in [-0.3, -0.25) is 19.6 Å². The Labute approximate surface area is 203 Å². The molecule has 4 rings (SSSR count). The van der Waals surface area contributed by atoms with Crippen LogP contribution in [0.15, 0.2) is 58.7 Å². The molecule has 0 spiro atoms. The van der Waals surface area contributed by atoms with Crippen molar-refractivity contribution in [2.24, 2.45) is 4.99 Å². The fraction of sp³-hybridized carbons (Fsp3) is 0.240. The third kappa shape index (κ3) is 6.27. The predicted octanol–water partition coefficient (Wildman–Crippen LogP) is 4.05. The van der Waals surface area contributed by atoms with Crippen molar-refractivity contribution in [3.05, 3.63) is 54.4 Å². The number of carbonyl (C=O) groups excluding carboxylic acids is 2. The lowest BCUT2D eigenvalue weighted by molar-refractivity contribution is -0.116. The lowest BCUT2D eigenvalue weighted by atomic mass is 9.98. The number of amides is 2. The minimum absolute atomic E-state index is 0.0132. The second-order valence-electron chi connectivity index (χ2n) is 7.34. The highest BCUT2D eigenvalue weighted by Crippen LogP contribution is 2.41. The van der Waals surface area contributed by atoms with E-state index in [0.717, 1.165) is 51.0 Å². The maximum Gasteiger partial charge on any atom is 0.225 e. The molecule has 8 nitrogen and oxygen atoms in total. The molecule has 176 valence electrons. The summed E-state index contributed by atoms with van der Waals surface area (Å²) >= 11 is 1.67. The second-order valence-corrected chi connectivity index (χ2v) is 8.33. The van der Waals surface area contributed by atoms with E-state index < -0.39 is 0 Å². The fourth-order valence-electron chi connectivity index (χ4n) is 3.40. The first-order valence-corrected chi connectivity index (χ1v) is 11.9. The van der Waals surface area contributed by atoms with E-state index in [1.165, 1.54) is 0 Å². The summed E-state index contributed by atoms with van der Waals surface area (Å²) in [7, 11) is 1.92. The number of benzene rings is 1. The van der Waals surface area contributed by atoms with Gasteiger partial charge in [-0.15, -0.1) is 11.8 Å². The van der Waals surface area contributed by atoms with Gasteiger partial charge in [0.2, 0.25) is 12.3 Å². The van der Waals surface area contributed by atoms with Crippen LogP contribution in [0.25, 0.3) is 22.4 Å². The van der Waals surface area contributed by atoms with Gasteiger partial charge in [-0.25, -0.2) is 4.98 Å². The largest absolute Gasteiger partial charge is 0.359 e. The number of aromatic nitrogens is 2. The Hall–Kier alpha value is -3.56. The molecule has 0 unspecified atom stereocenters. The van der Waals surface area contributed by atoms with Crippen molar-refractivity contribution in [2.75, 3.05) is 24.8 Å². The Morgan fingerprint density at radius 1 is 1.21 bits per heavy atom. The van der Waals surface area contributed by atoms with Gasteiger partial charge in [-0.05, 0) is 68.6 Å². The Bertz CT molecular complexity index is 1150. The Kier molecular flexibility index (Phi) is 9.30. The quantitative estimate of drug-likeness (QED) is 0.196. The van der Waals surface area contributed by atoms with Crippen molar-refractivity contribution < 1.29 is 9.59 Å². The topological polar surface area (TPSA) is 108 Å². The molecular formula is C25H28N6O2S. The molecule has 0 bridgehead atoms. The van der Waals surface area contributed by atoms with E-state index >= 15 is 0 Å². The summed E-state index contributed by atoms with van der Waals surface area (Å²) in [6, 6.07) is 12.1. The van der Waals surface area contributed by atoms with Crippen molar-refractivity contribution in [2.45, 2.75) is 24.7 Å². The van der Waals surface area contributed by atoms with Gasteiger partial charge in [-0.2, -0.15) is 0 Å². The van der Waals surface area contributed by atoms with Gasteiger partial charge in [0.15, 0.2) is 0 Å². The van der Waals surface area contributed by atoms with Gasteiger partial charge in [0.1, 0.15) is 5.82 Å². The summed E-state index contributed by atoms with van der Waals surface area (Å²) in [5.74, 6) is 1.42. The van der Waals surface area contributed by atoms with Gasteiger partial charge >= 0.3 is 0 Å². The average Bonchev–Trinajstić information content (AvgIpc) is 2.88. The normalized spacial score (nSPS) is 12.0. The maximum absolute atomic E-state index is 11.6. The summed E-state index contributed by atoms with van der Waals surface area (Å²) in [5, 5.41) is 8.43. The zero-order valence-corrected chi connectivity index (χ0v) is 20.1. The molecular weight excluding hydrogens is 448 g/mol. The molecule has 0 aliphatic carbocycles. The van der Waals surface area contributed by atoms with Gasteiger partial charge in [-0.1, -0.05) is 6.07 Å². The zero-order chi connectivity index (χ0) is 24.3. The van der Waals surface area contributed by atoms with E-state index in [0.29, 0.717) is 25.1 Å². The third-order valence-electron chi connectivity index (χ3n) is 5.01. The number of pyridine rings is 2. The first kappa shape index (κ1) is 25.1. The van der Waals surface area contributed by atoms with E-state index in [2.05, 4.69) is 49.8 Å². The van der Waals surface area contributed by atoms with Crippen LogP contribution in [0.3, 0.4) is 0 Å². The zero-order valence-electron chi connectivity index (χ0n) is 19.3. The van der Waals surface area contributed by atoms with Crippen molar-refractivity contribution in [1.82, 2.24) is 20.6 Å². The number of aryl methyl sites for hydroxylation is 1. The van der Waals surface area contributed by atoms with Crippen LogP contribution >= 0.6 is 11.8 Å². The van der Waals surface area contributed by atoms with Crippen molar-refractivity contribution in [3.63, 3.8) is 0 Å². The molecule has 2 aromatic heterocycles. The summed E-state index contributed by atoms with van der Waals surface area (Å²) in [6.45, 7) is 6.38. The van der Waals surface area contributed by atoms with Crippen LogP contribution in [0.4, 0.5) is 11.5 Å². The molecule has 1 aliphatic heterocycles. The van der Waals surface area contributed by atoms with Crippen molar-refractivity contribution in [3.8, 4) is 22.4 Å². The number of anilines is 1. The maximum atomic E-state index is 11.6. The van der Waals surface area contributed by atoms with Crippen molar-refractivity contribution >= 4 is 42.3 Å². The highest BCUT2D eigenvalue weighted by molar-refractivity contribution is 7.99.